The average Bonchev–Trinajstić information content (AvgIpc) is 3.13. The molecule has 4 rings (SSSR count). The van der Waals surface area contributed by atoms with Crippen LogP contribution in [0.3, 0.4) is 0 Å². The van der Waals surface area contributed by atoms with Crippen molar-refractivity contribution in [3.63, 3.8) is 0 Å². The fourth-order valence-corrected chi connectivity index (χ4v) is 5.23. The summed E-state index contributed by atoms with van der Waals surface area (Å²) in [5.74, 6) is -1.51. The molecule has 1 fully saturated rings. The molecule has 2 aromatic rings. The number of ether oxygens (including phenoxy) is 1. The minimum absolute atomic E-state index is 0.0933. The van der Waals surface area contributed by atoms with Crippen LogP contribution in [-0.2, 0) is 14.3 Å². The van der Waals surface area contributed by atoms with Gasteiger partial charge in [0.05, 0.1) is 6.42 Å². The van der Waals surface area contributed by atoms with E-state index in [1.165, 1.54) is 0 Å². The molecule has 0 aliphatic heterocycles. The van der Waals surface area contributed by atoms with Gasteiger partial charge in [-0.2, -0.15) is 0 Å². The van der Waals surface area contributed by atoms with Gasteiger partial charge >= 0.3 is 12.1 Å². The summed E-state index contributed by atoms with van der Waals surface area (Å²) >= 11 is 0. The highest BCUT2D eigenvalue weighted by molar-refractivity contribution is 5.89. The fourth-order valence-electron chi connectivity index (χ4n) is 5.23. The molecule has 1 saturated carbocycles. The van der Waals surface area contributed by atoms with Gasteiger partial charge in [-0.3, -0.25) is 9.59 Å². The molecule has 2 aromatic carbocycles. The van der Waals surface area contributed by atoms with Crippen molar-refractivity contribution in [3.05, 3.63) is 59.7 Å². The van der Waals surface area contributed by atoms with Crippen LogP contribution in [0, 0.1) is 5.92 Å². The maximum absolute atomic E-state index is 13.0. The highest BCUT2D eigenvalue weighted by Gasteiger charge is 2.37. The number of hydrogen-bond acceptors (Lipinski definition) is 4. The van der Waals surface area contributed by atoms with Crippen molar-refractivity contribution in [2.75, 3.05) is 6.61 Å². The van der Waals surface area contributed by atoms with E-state index in [9.17, 15) is 19.5 Å². The molecule has 0 heterocycles. The van der Waals surface area contributed by atoms with Crippen LogP contribution in [-0.4, -0.2) is 41.3 Å². The summed E-state index contributed by atoms with van der Waals surface area (Å²) in [5.41, 5.74) is 3.97. The van der Waals surface area contributed by atoms with Crippen molar-refractivity contribution in [2.24, 2.45) is 5.92 Å². The number of amides is 2. The molecule has 0 radical (unpaired) electrons. The Bertz CT molecular complexity index is 1040. The Hall–Kier alpha value is -3.35. The number of hydrogen-bond donors (Lipinski definition) is 3. The summed E-state index contributed by atoms with van der Waals surface area (Å²) in [6.45, 7) is 4.17. The molecule has 180 valence electrons. The van der Waals surface area contributed by atoms with Crippen LogP contribution < -0.4 is 10.6 Å². The SMILES string of the molecule is CC1CCCCC1(C)NC(=O)C(CC(=O)O)NC(=O)OCC1c2ccccc2-c2ccccc21. The highest BCUT2D eigenvalue weighted by Crippen LogP contribution is 2.44. The minimum Gasteiger partial charge on any atom is -0.481 e. The largest absolute Gasteiger partial charge is 0.481 e. The molecule has 0 bridgehead atoms. The van der Waals surface area contributed by atoms with Gasteiger partial charge < -0.3 is 20.5 Å². The first-order valence-corrected chi connectivity index (χ1v) is 11.9. The molecule has 3 atom stereocenters. The Balaban J connectivity index is 1.42. The number of carbonyl (C=O) groups excluding carboxylic acids is 2. The van der Waals surface area contributed by atoms with Crippen molar-refractivity contribution < 1.29 is 24.2 Å². The Morgan fingerprint density at radius 2 is 1.68 bits per heavy atom. The third-order valence-electron chi connectivity index (χ3n) is 7.41. The first kappa shape index (κ1) is 23.8. The van der Waals surface area contributed by atoms with E-state index < -0.39 is 36.0 Å². The molecule has 0 spiro atoms. The number of rotatable bonds is 7. The fraction of sp³-hybridized carbons (Fsp3) is 0.444. The van der Waals surface area contributed by atoms with Gasteiger partial charge in [-0.25, -0.2) is 4.79 Å². The Morgan fingerprint density at radius 1 is 1.06 bits per heavy atom. The first-order chi connectivity index (χ1) is 16.3. The monoisotopic (exact) mass is 464 g/mol. The quantitative estimate of drug-likeness (QED) is 0.561. The maximum Gasteiger partial charge on any atom is 0.407 e. The van der Waals surface area contributed by atoms with Crippen molar-refractivity contribution >= 4 is 18.0 Å². The van der Waals surface area contributed by atoms with E-state index >= 15 is 0 Å². The molecule has 2 aliphatic carbocycles. The molecule has 7 nitrogen and oxygen atoms in total. The number of aliphatic carboxylic acids is 1. The third kappa shape index (κ3) is 4.93. The zero-order valence-corrected chi connectivity index (χ0v) is 19.7. The average molecular weight is 465 g/mol. The number of alkyl carbamates (subject to hydrolysis) is 1. The van der Waals surface area contributed by atoms with Gasteiger partial charge in [0.1, 0.15) is 12.6 Å². The summed E-state index contributed by atoms with van der Waals surface area (Å²) in [6, 6.07) is 14.8. The second-order valence-electron chi connectivity index (χ2n) is 9.67. The molecule has 0 aromatic heterocycles. The summed E-state index contributed by atoms with van der Waals surface area (Å²) in [7, 11) is 0. The predicted molar refractivity (Wildman–Crippen MR) is 128 cm³/mol. The van der Waals surface area contributed by atoms with Crippen molar-refractivity contribution in [2.45, 2.75) is 63.5 Å². The van der Waals surface area contributed by atoms with Gasteiger partial charge in [-0.15, -0.1) is 0 Å². The molecule has 3 N–H and O–H groups in total. The summed E-state index contributed by atoms with van der Waals surface area (Å²) in [5, 5.41) is 14.8. The Kier molecular flexibility index (Phi) is 6.91. The molecule has 34 heavy (non-hydrogen) atoms. The number of carbonyl (C=O) groups is 3. The molecular weight excluding hydrogens is 432 g/mol. The third-order valence-corrected chi connectivity index (χ3v) is 7.41. The Morgan fingerprint density at radius 3 is 2.26 bits per heavy atom. The summed E-state index contributed by atoms with van der Waals surface area (Å²) in [6.07, 6.45) is 2.63. The van der Waals surface area contributed by atoms with E-state index in [1.54, 1.807) is 0 Å². The second-order valence-corrected chi connectivity index (χ2v) is 9.67. The van der Waals surface area contributed by atoms with Gasteiger partial charge in [-0.05, 0) is 47.9 Å². The van der Waals surface area contributed by atoms with Gasteiger partial charge in [0.2, 0.25) is 5.91 Å². The minimum atomic E-state index is -1.21. The van der Waals surface area contributed by atoms with Crippen LogP contribution in [0.4, 0.5) is 4.79 Å². The number of fused-ring (bicyclic) bond motifs is 3. The van der Waals surface area contributed by atoms with E-state index in [1.807, 2.05) is 55.5 Å². The van der Waals surface area contributed by atoms with Crippen LogP contribution in [0.1, 0.15) is 63.0 Å². The summed E-state index contributed by atoms with van der Waals surface area (Å²) < 4.78 is 5.52. The smallest absolute Gasteiger partial charge is 0.407 e. The van der Waals surface area contributed by atoms with Gasteiger partial charge in [-0.1, -0.05) is 68.3 Å². The molecule has 2 aliphatic rings. The molecule has 0 saturated heterocycles. The van der Waals surface area contributed by atoms with Crippen LogP contribution in [0.2, 0.25) is 0 Å². The van der Waals surface area contributed by atoms with Crippen molar-refractivity contribution in [1.82, 2.24) is 10.6 Å². The zero-order valence-electron chi connectivity index (χ0n) is 19.7. The topological polar surface area (TPSA) is 105 Å². The zero-order chi connectivity index (χ0) is 24.3. The normalized spacial score (nSPS) is 22.2. The van der Waals surface area contributed by atoms with E-state index in [2.05, 4.69) is 17.6 Å². The molecular formula is C27H32N2O5. The van der Waals surface area contributed by atoms with Crippen LogP contribution >= 0.6 is 0 Å². The second kappa shape index (κ2) is 9.87. The maximum atomic E-state index is 13.0. The van der Waals surface area contributed by atoms with Crippen LogP contribution in [0.25, 0.3) is 11.1 Å². The molecule has 7 heteroatoms. The molecule has 3 unspecified atom stereocenters. The number of carboxylic acids is 1. The lowest BCUT2D eigenvalue weighted by Gasteiger charge is -2.41. The van der Waals surface area contributed by atoms with Gasteiger partial charge in [0.25, 0.3) is 0 Å². The molecule has 2 amide bonds. The highest BCUT2D eigenvalue weighted by atomic mass is 16.5. The van der Waals surface area contributed by atoms with Crippen LogP contribution in [0.5, 0.6) is 0 Å². The van der Waals surface area contributed by atoms with E-state index in [4.69, 9.17) is 4.74 Å². The van der Waals surface area contributed by atoms with Crippen molar-refractivity contribution in [3.8, 4) is 11.1 Å². The summed E-state index contributed by atoms with van der Waals surface area (Å²) in [4.78, 5) is 37.0. The predicted octanol–water partition coefficient (Wildman–Crippen LogP) is 4.45. The van der Waals surface area contributed by atoms with Crippen LogP contribution in [0.15, 0.2) is 48.5 Å². The Labute approximate surface area is 199 Å². The van der Waals surface area contributed by atoms with E-state index in [0.717, 1.165) is 47.9 Å². The standard InChI is InChI=1S/C27H32N2O5/c1-17-9-7-8-14-27(17,2)29-25(32)23(15-24(30)31)28-26(33)34-16-22-20-12-5-3-10-18(20)19-11-4-6-13-21(19)22/h3-6,10-13,17,22-23H,7-9,14-16H2,1-2H3,(H,28,33)(H,29,32)(H,30,31). The van der Waals surface area contributed by atoms with E-state index in [0.29, 0.717) is 0 Å². The lowest BCUT2D eigenvalue weighted by Crippen LogP contribution is -2.58. The van der Waals surface area contributed by atoms with E-state index in [-0.39, 0.29) is 18.4 Å². The van der Waals surface area contributed by atoms with Gasteiger partial charge in [0, 0.05) is 11.5 Å². The first-order valence-electron chi connectivity index (χ1n) is 11.9. The van der Waals surface area contributed by atoms with Crippen molar-refractivity contribution in [1.29, 1.82) is 0 Å². The number of carboxylic acid groups (broad SMARTS) is 1. The lowest BCUT2D eigenvalue weighted by atomic mass is 9.75. The number of nitrogens with one attached hydrogen (secondary N) is 2. The number of benzene rings is 2. The lowest BCUT2D eigenvalue weighted by molar-refractivity contribution is -0.140. The van der Waals surface area contributed by atoms with Gasteiger partial charge in [0.15, 0.2) is 0 Å².